The van der Waals surface area contributed by atoms with Crippen LogP contribution in [-0.2, 0) is 11.2 Å². The van der Waals surface area contributed by atoms with Gasteiger partial charge in [0.25, 0.3) is 0 Å². The summed E-state index contributed by atoms with van der Waals surface area (Å²) >= 11 is 0. The van der Waals surface area contributed by atoms with Gasteiger partial charge in [0, 0.05) is 6.42 Å². The molecule has 1 rings (SSSR count). The smallest absolute Gasteiger partial charge is 0.339 e. The van der Waals surface area contributed by atoms with E-state index in [1.54, 1.807) is 6.07 Å². The van der Waals surface area contributed by atoms with Crippen molar-refractivity contribution in [2.24, 2.45) is 0 Å². The third-order valence-electron chi connectivity index (χ3n) is 2.06. The van der Waals surface area contributed by atoms with E-state index in [2.05, 4.69) is 0 Å². The van der Waals surface area contributed by atoms with Crippen LogP contribution in [0.3, 0.4) is 0 Å². The highest BCUT2D eigenvalue weighted by molar-refractivity contribution is 5.91. The maximum Gasteiger partial charge on any atom is 0.339 e. The number of hydrogen-bond donors (Lipinski definition) is 2. The van der Waals surface area contributed by atoms with E-state index in [4.69, 9.17) is 5.11 Å². The molecule has 0 spiro atoms. The van der Waals surface area contributed by atoms with Crippen molar-refractivity contribution in [3.05, 3.63) is 29.3 Å². The maximum atomic E-state index is 10.7. The number of aromatic hydroxyl groups is 1. The fraction of sp³-hybridized carbons (Fsp3) is 0.273. The van der Waals surface area contributed by atoms with Gasteiger partial charge in [0.1, 0.15) is 17.1 Å². The average Bonchev–Trinajstić information content (AvgIpc) is 2.16. The highest BCUT2D eigenvalue weighted by Crippen LogP contribution is 2.19. The number of benzene rings is 1. The van der Waals surface area contributed by atoms with Crippen LogP contribution in [0.25, 0.3) is 0 Å². The van der Waals surface area contributed by atoms with Gasteiger partial charge in [-0.1, -0.05) is 6.07 Å². The number of ketones is 1. The zero-order valence-corrected chi connectivity index (χ0v) is 8.36. The molecule has 0 amide bonds. The Hall–Kier alpha value is -1.84. The minimum absolute atomic E-state index is 0.0555. The van der Waals surface area contributed by atoms with Crippen molar-refractivity contribution in [2.45, 2.75) is 19.8 Å². The highest BCUT2D eigenvalue weighted by atomic mass is 16.4. The molecule has 1 aromatic carbocycles. The Kier molecular flexibility index (Phi) is 3.44. The van der Waals surface area contributed by atoms with Crippen LogP contribution in [0.15, 0.2) is 18.2 Å². The standard InChI is InChI=1S/C11H12O4/c1-7(12)2-3-8-4-5-10(13)9(6-8)11(14)15/h4-6,13H,2-3H2,1H3,(H,14,15). The van der Waals surface area contributed by atoms with Crippen LogP contribution in [0.5, 0.6) is 5.75 Å². The Balaban J connectivity index is 2.87. The molecule has 0 atom stereocenters. The third-order valence-corrected chi connectivity index (χ3v) is 2.06. The number of carboxylic acids is 1. The van der Waals surface area contributed by atoms with Gasteiger partial charge >= 0.3 is 5.97 Å². The van der Waals surface area contributed by atoms with Crippen molar-refractivity contribution in [2.75, 3.05) is 0 Å². The molecule has 0 unspecified atom stereocenters. The molecule has 0 radical (unpaired) electrons. The summed E-state index contributed by atoms with van der Waals surface area (Å²) in [5.41, 5.74) is 0.608. The first-order chi connectivity index (χ1) is 7.00. The number of rotatable bonds is 4. The first-order valence-corrected chi connectivity index (χ1v) is 4.55. The summed E-state index contributed by atoms with van der Waals surface area (Å²) in [4.78, 5) is 21.4. The summed E-state index contributed by atoms with van der Waals surface area (Å²) in [5, 5.41) is 18.0. The van der Waals surface area contributed by atoms with Crippen molar-refractivity contribution < 1.29 is 19.8 Å². The Morgan fingerprint density at radius 3 is 2.53 bits per heavy atom. The second-order valence-electron chi connectivity index (χ2n) is 3.36. The van der Waals surface area contributed by atoms with Crippen LogP contribution >= 0.6 is 0 Å². The van der Waals surface area contributed by atoms with Crippen molar-refractivity contribution >= 4 is 11.8 Å². The molecule has 4 nitrogen and oxygen atoms in total. The van der Waals surface area contributed by atoms with Crippen molar-refractivity contribution in [3.63, 3.8) is 0 Å². The lowest BCUT2D eigenvalue weighted by molar-refractivity contribution is -0.116. The van der Waals surface area contributed by atoms with Gasteiger partial charge in [0.2, 0.25) is 0 Å². The van der Waals surface area contributed by atoms with Gasteiger partial charge in [-0.05, 0) is 31.0 Å². The summed E-state index contributed by atoms with van der Waals surface area (Å²) in [5.74, 6) is -1.37. The quantitative estimate of drug-likeness (QED) is 0.788. The van der Waals surface area contributed by atoms with Crippen LogP contribution < -0.4 is 0 Å². The first-order valence-electron chi connectivity index (χ1n) is 4.55. The second-order valence-corrected chi connectivity index (χ2v) is 3.36. The zero-order chi connectivity index (χ0) is 11.4. The molecule has 0 aliphatic rings. The van der Waals surface area contributed by atoms with E-state index in [-0.39, 0.29) is 17.1 Å². The van der Waals surface area contributed by atoms with E-state index >= 15 is 0 Å². The van der Waals surface area contributed by atoms with Crippen LogP contribution in [-0.4, -0.2) is 22.0 Å². The van der Waals surface area contributed by atoms with Gasteiger partial charge in [0.05, 0.1) is 0 Å². The summed E-state index contributed by atoms with van der Waals surface area (Å²) < 4.78 is 0. The number of aryl methyl sites for hydroxylation is 1. The van der Waals surface area contributed by atoms with E-state index in [1.165, 1.54) is 19.1 Å². The van der Waals surface area contributed by atoms with Crippen molar-refractivity contribution in [3.8, 4) is 5.75 Å². The lowest BCUT2D eigenvalue weighted by Crippen LogP contribution is -2.00. The molecule has 15 heavy (non-hydrogen) atoms. The number of carbonyl (C=O) groups is 2. The Morgan fingerprint density at radius 1 is 1.33 bits per heavy atom. The van der Waals surface area contributed by atoms with Gasteiger partial charge in [-0.3, -0.25) is 0 Å². The number of Topliss-reactive ketones (excluding diaryl/α,β-unsaturated/α-hetero) is 1. The van der Waals surface area contributed by atoms with E-state index in [0.717, 1.165) is 5.56 Å². The topological polar surface area (TPSA) is 74.6 Å². The fourth-order valence-electron chi connectivity index (χ4n) is 1.23. The molecule has 0 aromatic heterocycles. The predicted molar refractivity (Wildman–Crippen MR) is 54.1 cm³/mol. The minimum atomic E-state index is -1.17. The second kappa shape index (κ2) is 4.59. The molecular weight excluding hydrogens is 196 g/mol. The minimum Gasteiger partial charge on any atom is -0.507 e. The molecule has 80 valence electrons. The molecule has 0 aliphatic heterocycles. The lowest BCUT2D eigenvalue weighted by Gasteiger charge is -2.03. The Labute approximate surface area is 87.2 Å². The van der Waals surface area contributed by atoms with Gasteiger partial charge in [-0.25, -0.2) is 4.79 Å². The number of phenols is 1. The maximum absolute atomic E-state index is 10.7. The van der Waals surface area contributed by atoms with Crippen LogP contribution in [0.1, 0.15) is 29.3 Å². The van der Waals surface area contributed by atoms with Gasteiger partial charge in [-0.2, -0.15) is 0 Å². The Bertz CT molecular complexity index is 396. The van der Waals surface area contributed by atoms with Gasteiger partial charge in [-0.15, -0.1) is 0 Å². The number of carboxylic acid groups (broad SMARTS) is 1. The van der Waals surface area contributed by atoms with Crippen molar-refractivity contribution in [1.82, 2.24) is 0 Å². The number of aromatic carboxylic acids is 1. The monoisotopic (exact) mass is 208 g/mol. The first kappa shape index (κ1) is 11.2. The van der Waals surface area contributed by atoms with E-state index in [1.807, 2.05) is 0 Å². The normalized spacial score (nSPS) is 9.93. The van der Waals surface area contributed by atoms with Crippen molar-refractivity contribution in [1.29, 1.82) is 0 Å². The lowest BCUT2D eigenvalue weighted by atomic mass is 10.0. The van der Waals surface area contributed by atoms with Crippen LogP contribution in [0, 0.1) is 0 Å². The largest absolute Gasteiger partial charge is 0.507 e. The molecule has 0 fully saturated rings. The summed E-state index contributed by atoms with van der Waals surface area (Å²) in [6, 6.07) is 4.34. The number of hydrogen-bond acceptors (Lipinski definition) is 3. The van der Waals surface area contributed by atoms with E-state index < -0.39 is 5.97 Å². The van der Waals surface area contributed by atoms with Gasteiger partial charge in [0.15, 0.2) is 0 Å². The third kappa shape index (κ3) is 3.09. The van der Waals surface area contributed by atoms with Crippen LogP contribution in [0.2, 0.25) is 0 Å². The van der Waals surface area contributed by atoms with Crippen LogP contribution in [0.4, 0.5) is 0 Å². The molecule has 4 heteroatoms. The SMILES string of the molecule is CC(=O)CCc1ccc(O)c(C(=O)O)c1. The Morgan fingerprint density at radius 2 is 2.00 bits per heavy atom. The molecule has 0 saturated carbocycles. The average molecular weight is 208 g/mol. The number of carbonyl (C=O) groups excluding carboxylic acids is 1. The molecule has 1 aromatic rings. The highest BCUT2D eigenvalue weighted by Gasteiger charge is 2.10. The summed E-state index contributed by atoms with van der Waals surface area (Å²) in [6.45, 7) is 1.48. The molecular formula is C11H12O4. The predicted octanol–water partition coefficient (Wildman–Crippen LogP) is 1.61. The van der Waals surface area contributed by atoms with E-state index in [9.17, 15) is 14.7 Å². The fourth-order valence-corrected chi connectivity index (χ4v) is 1.23. The summed E-state index contributed by atoms with van der Waals surface area (Å²) in [6.07, 6.45) is 0.875. The van der Waals surface area contributed by atoms with E-state index in [0.29, 0.717) is 12.8 Å². The van der Waals surface area contributed by atoms with Gasteiger partial charge < -0.3 is 15.0 Å². The molecule has 0 saturated heterocycles. The summed E-state index contributed by atoms with van der Waals surface area (Å²) in [7, 11) is 0. The molecule has 0 bridgehead atoms. The molecule has 0 aliphatic carbocycles. The molecule has 0 heterocycles. The zero-order valence-electron chi connectivity index (χ0n) is 8.36. The molecule has 2 N–H and O–H groups in total.